The lowest BCUT2D eigenvalue weighted by Gasteiger charge is -2.32. The number of nitrogens with zero attached hydrogens (tertiary/aromatic N) is 8. The number of fused-ring (bicyclic) bond motifs is 2. The molecule has 0 aliphatic carbocycles. The Morgan fingerprint density at radius 3 is 1.58 bits per heavy atom. The van der Waals surface area contributed by atoms with E-state index in [1.54, 1.807) is 66.4 Å². The number of ether oxygens (including phenoxy) is 2. The normalized spacial score (nSPS) is 20.1. The third-order valence-corrected chi connectivity index (χ3v) is 12.7. The van der Waals surface area contributed by atoms with E-state index in [0.29, 0.717) is 76.5 Å². The van der Waals surface area contributed by atoms with E-state index in [9.17, 15) is 39.6 Å². The molecular formula is C52H65BrN8O10. The van der Waals surface area contributed by atoms with Crippen molar-refractivity contribution >= 4 is 39.7 Å². The first-order chi connectivity index (χ1) is 33.4. The summed E-state index contributed by atoms with van der Waals surface area (Å²) in [6, 6.07) is 15.2. The van der Waals surface area contributed by atoms with Crippen molar-refractivity contribution in [2.45, 2.75) is 103 Å². The van der Waals surface area contributed by atoms with E-state index in [1.807, 2.05) is 47.1 Å². The summed E-state index contributed by atoms with van der Waals surface area (Å²) in [5.74, 6) is 6.13. The van der Waals surface area contributed by atoms with Crippen LogP contribution in [0.25, 0.3) is 11.4 Å². The number of likely N-dealkylation sites (N-methyl/N-ethyl adjacent to an activating group) is 2. The maximum atomic E-state index is 12.7. The van der Waals surface area contributed by atoms with Crippen molar-refractivity contribution < 1.29 is 49.1 Å². The average molecular weight is 1040 g/mol. The maximum Gasteiger partial charge on any atom is 0.359 e. The lowest BCUT2D eigenvalue weighted by Crippen LogP contribution is -2.41. The van der Waals surface area contributed by atoms with Gasteiger partial charge in [-0.3, -0.25) is 19.4 Å². The SMILES string of the molecule is C#C[C@]1(O)CCN(C)C1=O.CCOC(=O)c1nn(-c2cccc(Br)c2)c2c1CN(CC(C)(C)O)CC2.CCOC(=O)c1nn(-c2cccc(C#C[C@]3(O)CCN(C)C3=O)c2)c2c1CN(CC(C)(C)O)CC2. The Kier molecular flexibility index (Phi) is 17.1. The van der Waals surface area contributed by atoms with Gasteiger partial charge in [0.1, 0.15) is 0 Å². The standard InChI is InChI=1S/C26H32N4O5.C19H24BrN3O3.C7H9NO2/c1-5-35-23(31)22-20-16-29(17-25(2,3)33)13-10-21(20)30(27-22)19-8-6-7-18(15-19)9-11-26(34)12-14-28(4)24(26)32;1-4-26-18(24)17-15-11-22(12-19(2,3)25)9-8-16(15)23(21-17)14-7-5-6-13(20)10-14;1-3-7(10)4-5-8(2)6(7)9/h6-8,15,33-34H,5,10,12-14,16-17H2,1-4H3;5-7,10,25H,4,8-9,11-12H2,1-3H3;1,10H,4-5H2,2H3/t26-;;7-/m0.0/s1. The van der Waals surface area contributed by atoms with Crippen LogP contribution in [0.3, 0.4) is 0 Å². The number of carbonyl (C=O) groups is 4. The van der Waals surface area contributed by atoms with E-state index in [1.165, 1.54) is 9.80 Å². The van der Waals surface area contributed by atoms with E-state index in [-0.39, 0.29) is 24.6 Å². The summed E-state index contributed by atoms with van der Waals surface area (Å²) in [4.78, 5) is 55.5. The van der Waals surface area contributed by atoms with Gasteiger partial charge in [0.25, 0.3) is 11.8 Å². The van der Waals surface area contributed by atoms with E-state index in [4.69, 9.17) is 15.9 Å². The topological polar surface area (TPSA) is 216 Å². The Hall–Kier alpha value is -5.90. The van der Waals surface area contributed by atoms with Crippen molar-refractivity contribution in [3.05, 3.63) is 92.5 Å². The number of hydrogen-bond acceptors (Lipinski definition) is 14. The molecule has 4 aromatic rings. The van der Waals surface area contributed by atoms with Crippen LogP contribution in [0, 0.1) is 24.2 Å². The quantitative estimate of drug-likeness (QED) is 0.133. The minimum absolute atomic E-state index is 0.246. The van der Waals surface area contributed by atoms with Crippen LogP contribution in [0.5, 0.6) is 0 Å². The Balaban J connectivity index is 0.000000200. The number of aromatic nitrogens is 4. The molecule has 0 radical (unpaired) electrons. The lowest BCUT2D eigenvalue weighted by molar-refractivity contribution is -0.138. The van der Waals surface area contributed by atoms with Crippen molar-refractivity contribution in [1.82, 2.24) is 39.2 Å². The Bertz CT molecular complexity index is 2740. The zero-order chi connectivity index (χ0) is 52.1. The predicted octanol–water partition coefficient (Wildman–Crippen LogP) is 3.28. The summed E-state index contributed by atoms with van der Waals surface area (Å²) in [5, 5.41) is 49.5. The summed E-state index contributed by atoms with van der Waals surface area (Å²) in [6.45, 7) is 15.8. The minimum Gasteiger partial charge on any atom is -0.461 e. The molecule has 2 aromatic heterocycles. The highest BCUT2D eigenvalue weighted by molar-refractivity contribution is 9.10. The van der Waals surface area contributed by atoms with Crippen molar-refractivity contribution in [2.75, 3.05) is 66.6 Å². The van der Waals surface area contributed by atoms with E-state index in [2.05, 4.69) is 53.7 Å². The van der Waals surface area contributed by atoms with Gasteiger partial charge in [-0.1, -0.05) is 45.8 Å². The van der Waals surface area contributed by atoms with E-state index in [0.717, 1.165) is 51.3 Å². The second-order valence-corrected chi connectivity index (χ2v) is 20.4. The number of benzene rings is 2. The molecule has 0 saturated carbocycles. The molecule has 380 valence electrons. The fourth-order valence-electron chi connectivity index (χ4n) is 8.92. The van der Waals surface area contributed by atoms with Gasteiger partial charge >= 0.3 is 11.9 Å². The smallest absolute Gasteiger partial charge is 0.359 e. The molecule has 6 heterocycles. The number of rotatable bonds is 10. The third kappa shape index (κ3) is 13.2. The van der Waals surface area contributed by atoms with Gasteiger partial charge in [-0.25, -0.2) is 19.0 Å². The first kappa shape index (κ1) is 54.4. The second-order valence-electron chi connectivity index (χ2n) is 19.5. The number of carbonyl (C=O) groups excluding carboxylic acids is 4. The van der Waals surface area contributed by atoms with Crippen LogP contribution < -0.4 is 0 Å². The number of β-amino-alcohol motifs (C(OH)–C–C–N with tert-alkyl or cyclic N) is 2. The van der Waals surface area contributed by atoms with Gasteiger partial charge in [0.2, 0.25) is 11.2 Å². The third-order valence-electron chi connectivity index (χ3n) is 12.2. The number of hydrogen-bond donors (Lipinski definition) is 4. The highest BCUT2D eigenvalue weighted by Gasteiger charge is 2.43. The minimum atomic E-state index is -1.67. The molecule has 2 atom stereocenters. The van der Waals surface area contributed by atoms with E-state index >= 15 is 0 Å². The van der Waals surface area contributed by atoms with Crippen molar-refractivity contribution in [2.24, 2.45) is 0 Å². The lowest BCUT2D eigenvalue weighted by atomic mass is 10.0. The highest BCUT2D eigenvalue weighted by Crippen LogP contribution is 2.30. The number of amides is 2. The Labute approximate surface area is 423 Å². The molecular weight excluding hydrogens is 977 g/mol. The van der Waals surface area contributed by atoms with Crippen LogP contribution in [-0.4, -0.2) is 172 Å². The van der Waals surface area contributed by atoms with E-state index < -0.39 is 40.2 Å². The molecule has 18 nitrogen and oxygen atoms in total. The van der Waals surface area contributed by atoms with Crippen LogP contribution in [-0.2, 0) is 45.0 Å². The van der Waals surface area contributed by atoms with Crippen LogP contribution in [0.2, 0.25) is 0 Å². The number of esters is 2. The molecule has 2 aromatic carbocycles. The van der Waals surface area contributed by atoms with Crippen molar-refractivity contribution in [1.29, 1.82) is 0 Å². The number of aliphatic hydroxyl groups is 4. The number of halogens is 1. The van der Waals surface area contributed by atoms with Gasteiger partial charge in [0.15, 0.2) is 11.4 Å². The molecule has 2 amide bonds. The largest absolute Gasteiger partial charge is 0.461 e. The summed E-state index contributed by atoms with van der Waals surface area (Å²) in [5.41, 5.74) is 1.67. The molecule has 0 unspecified atom stereocenters. The molecule has 2 saturated heterocycles. The van der Waals surface area contributed by atoms with Gasteiger partial charge in [-0.15, -0.1) is 6.42 Å². The maximum absolute atomic E-state index is 12.7. The van der Waals surface area contributed by atoms with Crippen LogP contribution in [0.4, 0.5) is 0 Å². The molecule has 8 rings (SSSR count). The molecule has 19 heteroatoms. The van der Waals surface area contributed by atoms with Gasteiger partial charge in [-0.05, 0) is 77.9 Å². The predicted molar refractivity (Wildman–Crippen MR) is 267 cm³/mol. The molecule has 4 aliphatic rings. The Morgan fingerprint density at radius 1 is 0.732 bits per heavy atom. The highest BCUT2D eigenvalue weighted by atomic mass is 79.9. The van der Waals surface area contributed by atoms with Gasteiger partial charge in [0.05, 0.1) is 47.2 Å². The first-order valence-electron chi connectivity index (χ1n) is 23.7. The Morgan fingerprint density at radius 2 is 1.18 bits per heavy atom. The van der Waals surface area contributed by atoms with Gasteiger partial charge in [0, 0.05) is 113 Å². The van der Waals surface area contributed by atoms with Crippen molar-refractivity contribution in [3.8, 4) is 35.6 Å². The molecule has 4 aliphatic heterocycles. The summed E-state index contributed by atoms with van der Waals surface area (Å²) >= 11 is 3.49. The number of likely N-dealkylation sites (tertiary alicyclic amines) is 2. The van der Waals surface area contributed by atoms with Crippen LogP contribution in [0.15, 0.2) is 53.0 Å². The second kappa shape index (κ2) is 22.3. The monoisotopic (exact) mass is 1040 g/mol. The molecule has 71 heavy (non-hydrogen) atoms. The zero-order valence-electron chi connectivity index (χ0n) is 41.8. The van der Waals surface area contributed by atoms with Gasteiger partial charge in [-0.2, -0.15) is 10.2 Å². The molecule has 4 N–H and O–H groups in total. The van der Waals surface area contributed by atoms with Crippen molar-refractivity contribution in [3.63, 3.8) is 0 Å². The molecule has 0 bridgehead atoms. The molecule has 2 fully saturated rings. The summed E-state index contributed by atoms with van der Waals surface area (Å²) in [7, 11) is 3.27. The fourth-order valence-corrected chi connectivity index (χ4v) is 9.31. The number of terminal acetylenes is 1. The average Bonchev–Trinajstić information content (AvgIpc) is 4.03. The summed E-state index contributed by atoms with van der Waals surface area (Å²) in [6.07, 6.45) is 6.99. The first-order valence-corrected chi connectivity index (χ1v) is 24.5. The zero-order valence-corrected chi connectivity index (χ0v) is 43.4. The fraction of sp³-hybridized carbons (Fsp3) is 0.500. The van der Waals surface area contributed by atoms with Crippen LogP contribution in [0.1, 0.15) is 103 Å². The van der Waals surface area contributed by atoms with Crippen LogP contribution >= 0.6 is 15.9 Å². The summed E-state index contributed by atoms with van der Waals surface area (Å²) < 4.78 is 15.0. The van der Waals surface area contributed by atoms with Gasteiger partial charge < -0.3 is 39.7 Å². The molecule has 0 spiro atoms.